The fourth-order valence-electron chi connectivity index (χ4n) is 1.97. The third-order valence-corrected chi connectivity index (χ3v) is 2.73. The Morgan fingerprint density at radius 2 is 1.89 bits per heavy atom. The molecular weight excluding hydrogens is 289 g/mol. The van der Waals surface area contributed by atoms with E-state index in [1.54, 1.807) is 0 Å². The molecule has 0 aliphatic rings. The van der Waals surface area contributed by atoms with Gasteiger partial charge in [-0.1, -0.05) is 0 Å². The van der Waals surface area contributed by atoms with Crippen LogP contribution in [-0.4, -0.2) is 33.0 Å². The van der Waals surface area contributed by atoms with Crippen molar-refractivity contribution in [2.24, 2.45) is 0 Å². The number of aryl methyl sites for hydroxylation is 1. The van der Waals surface area contributed by atoms with Crippen LogP contribution in [0.25, 0.3) is 11.0 Å². The number of nitrogens with zero attached hydrogens (tertiary/aromatic N) is 2. The van der Waals surface area contributed by atoms with Crippen molar-refractivity contribution in [3.63, 3.8) is 0 Å². The van der Waals surface area contributed by atoms with E-state index in [1.165, 1.54) is 0 Å². The summed E-state index contributed by atoms with van der Waals surface area (Å²) in [6.45, 7) is 0.730. The van der Waals surface area contributed by atoms with E-state index < -0.39 is 0 Å². The molecule has 7 heteroatoms. The highest BCUT2D eigenvalue weighted by molar-refractivity contribution is 5.85. The highest BCUT2D eigenvalue weighted by Crippen LogP contribution is 2.19. The van der Waals surface area contributed by atoms with Gasteiger partial charge >= 0.3 is 0 Å². The van der Waals surface area contributed by atoms with Crippen molar-refractivity contribution in [1.82, 2.24) is 9.55 Å². The van der Waals surface area contributed by atoms with Crippen LogP contribution < -0.4 is 5.73 Å². The highest BCUT2D eigenvalue weighted by atomic mass is 35.5. The predicted molar refractivity (Wildman–Crippen MR) is 81.1 cm³/mol. The number of aliphatic hydroxyl groups excluding tert-OH is 2. The number of aliphatic hydroxyl groups is 2. The van der Waals surface area contributed by atoms with Gasteiger partial charge in [0.2, 0.25) is 0 Å². The molecule has 1 aromatic carbocycles. The summed E-state index contributed by atoms with van der Waals surface area (Å²) in [6, 6.07) is 5.56. The topological polar surface area (TPSA) is 84.3 Å². The summed E-state index contributed by atoms with van der Waals surface area (Å²) >= 11 is 0. The third kappa shape index (κ3) is 3.98. The smallest absolute Gasteiger partial charge is 0.110 e. The normalized spacial score (nSPS) is 10.0. The largest absolute Gasteiger partial charge is 0.399 e. The molecule has 19 heavy (non-hydrogen) atoms. The Morgan fingerprint density at radius 1 is 1.16 bits per heavy atom. The van der Waals surface area contributed by atoms with Crippen LogP contribution in [0.2, 0.25) is 0 Å². The highest BCUT2D eigenvalue weighted by Gasteiger charge is 2.09. The van der Waals surface area contributed by atoms with Crippen molar-refractivity contribution >= 4 is 41.5 Å². The monoisotopic (exact) mass is 307 g/mol. The van der Waals surface area contributed by atoms with Crippen molar-refractivity contribution in [3.05, 3.63) is 24.0 Å². The molecule has 0 saturated carbocycles. The first-order chi connectivity index (χ1) is 8.26. The fraction of sp³-hybridized carbons (Fsp3) is 0.417. The molecular formula is C12H19Cl2N3O2. The number of halogens is 2. The van der Waals surface area contributed by atoms with Gasteiger partial charge in [-0.2, -0.15) is 0 Å². The first kappa shape index (κ1) is 18.0. The van der Waals surface area contributed by atoms with Crippen molar-refractivity contribution < 1.29 is 10.2 Å². The van der Waals surface area contributed by atoms with Gasteiger partial charge in [-0.15, -0.1) is 24.8 Å². The molecule has 0 fully saturated rings. The van der Waals surface area contributed by atoms with Gasteiger partial charge in [-0.05, 0) is 24.6 Å². The molecule has 0 aliphatic heterocycles. The SMILES string of the molecule is Cl.Cl.Nc1ccc2c(c1)nc(CCCO)n2CCO. The number of rotatable bonds is 5. The summed E-state index contributed by atoms with van der Waals surface area (Å²) in [5.74, 6) is 0.883. The summed E-state index contributed by atoms with van der Waals surface area (Å²) in [4.78, 5) is 4.49. The van der Waals surface area contributed by atoms with Crippen LogP contribution in [0.3, 0.4) is 0 Å². The average Bonchev–Trinajstić information content (AvgIpc) is 2.64. The van der Waals surface area contributed by atoms with E-state index in [1.807, 2.05) is 22.8 Å². The molecule has 2 rings (SSSR count). The Bertz CT molecular complexity index is 517. The Kier molecular flexibility index (Phi) is 7.78. The number of fused-ring (bicyclic) bond motifs is 1. The molecule has 0 amide bonds. The molecule has 4 N–H and O–H groups in total. The van der Waals surface area contributed by atoms with Crippen LogP contribution in [0.5, 0.6) is 0 Å². The molecule has 0 bridgehead atoms. The second-order valence-electron chi connectivity index (χ2n) is 3.98. The first-order valence-electron chi connectivity index (χ1n) is 5.72. The molecule has 0 saturated heterocycles. The Labute approximate surface area is 124 Å². The Balaban J connectivity index is 0.00000162. The summed E-state index contributed by atoms with van der Waals surface area (Å²) in [6.07, 6.45) is 1.37. The van der Waals surface area contributed by atoms with E-state index in [0.717, 1.165) is 16.9 Å². The first-order valence-corrected chi connectivity index (χ1v) is 5.72. The van der Waals surface area contributed by atoms with Crippen LogP contribution in [-0.2, 0) is 13.0 Å². The molecule has 0 aliphatic carbocycles. The second kappa shape index (κ2) is 8.22. The van der Waals surface area contributed by atoms with Crippen molar-refractivity contribution in [2.75, 3.05) is 18.9 Å². The van der Waals surface area contributed by atoms with Gasteiger partial charge < -0.3 is 20.5 Å². The van der Waals surface area contributed by atoms with Gasteiger partial charge in [0.15, 0.2) is 0 Å². The minimum absolute atomic E-state index is 0. The minimum Gasteiger partial charge on any atom is -0.399 e. The van der Waals surface area contributed by atoms with Crippen LogP contribution in [0, 0.1) is 0 Å². The quantitative estimate of drug-likeness (QED) is 0.729. The molecule has 0 radical (unpaired) electrons. The van der Waals surface area contributed by atoms with Gasteiger partial charge in [0.25, 0.3) is 0 Å². The maximum atomic E-state index is 9.08. The maximum absolute atomic E-state index is 9.08. The molecule has 108 valence electrons. The van der Waals surface area contributed by atoms with Gasteiger partial charge in [0.05, 0.1) is 17.6 Å². The number of hydrogen-bond donors (Lipinski definition) is 3. The van der Waals surface area contributed by atoms with Gasteiger partial charge in [0, 0.05) is 25.3 Å². The molecule has 1 aromatic heterocycles. The second-order valence-corrected chi connectivity index (χ2v) is 3.98. The number of hydrogen-bond acceptors (Lipinski definition) is 4. The predicted octanol–water partition coefficient (Wildman–Crippen LogP) is 1.38. The summed E-state index contributed by atoms with van der Waals surface area (Å²) < 4.78 is 1.98. The van der Waals surface area contributed by atoms with Crippen molar-refractivity contribution in [1.29, 1.82) is 0 Å². The lowest BCUT2D eigenvalue weighted by Crippen LogP contribution is -2.07. The molecule has 0 spiro atoms. The lowest BCUT2D eigenvalue weighted by Gasteiger charge is -2.06. The van der Waals surface area contributed by atoms with E-state index >= 15 is 0 Å². The number of nitrogen functional groups attached to an aromatic ring is 1. The number of aromatic nitrogens is 2. The van der Waals surface area contributed by atoms with Crippen LogP contribution in [0.1, 0.15) is 12.2 Å². The number of anilines is 1. The maximum Gasteiger partial charge on any atom is 0.110 e. The molecule has 1 heterocycles. The lowest BCUT2D eigenvalue weighted by atomic mass is 10.3. The zero-order chi connectivity index (χ0) is 12.3. The van der Waals surface area contributed by atoms with Gasteiger partial charge in [-0.3, -0.25) is 0 Å². The summed E-state index contributed by atoms with van der Waals surface area (Å²) in [5, 5.41) is 17.9. The van der Waals surface area contributed by atoms with E-state index in [9.17, 15) is 0 Å². The minimum atomic E-state index is 0. The van der Waals surface area contributed by atoms with Crippen LogP contribution in [0.4, 0.5) is 5.69 Å². The standard InChI is InChI=1S/C12H17N3O2.2ClH/c13-9-3-4-11-10(8-9)14-12(2-1-6-16)15(11)5-7-17;;/h3-4,8,16-17H,1-2,5-7,13H2;2*1H. The van der Waals surface area contributed by atoms with Crippen molar-refractivity contribution in [2.45, 2.75) is 19.4 Å². The van der Waals surface area contributed by atoms with Gasteiger partial charge in [0.1, 0.15) is 5.82 Å². The molecule has 5 nitrogen and oxygen atoms in total. The molecule has 0 unspecified atom stereocenters. The van der Waals surface area contributed by atoms with E-state index in [-0.39, 0.29) is 38.0 Å². The Morgan fingerprint density at radius 3 is 2.53 bits per heavy atom. The lowest BCUT2D eigenvalue weighted by molar-refractivity contribution is 0.272. The third-order valence-electron chi connectivity index (χ3n) is 2.73. The average molecular weight is 308 g/mol. The number of nitrogens with two attached hydrogens (primary N) is 1. The van der Waals surface area contributed by atoms with E-state index in [4.69, 9.17) is 15.9 Å². The zero-order valence-corrected chi connectivity index (χ0v) is 12.1. The fourth-order valence-corrected chi connectivity index (χ4v) is 1.97. The van der Waals surface area contributed by atoms with Crippen LogP contribution in [0.15, 0.2) is 18.2 Å². The number of benzene rings is 1. The zero-order valence-electron chi connectivity index (χ0n) is 10.5. The van der Waals surface area contributed by atoms with Gasteiger partial charge in [-0.25, -0.2) is 4.98 Å². The molecule has 2 aromatic rings. The van der Waals surface area contributed by atoms with Crippen LogP contribution >= 0.6 is 24.8 Å². The summed E-state index contributed by atoms with van der Waals surface area (Å²) in [7, 11) is 0. The number of imidazole rings is 1. The van der Waals surface area contributed by atoms with E-state index in [2.05, 4.69) is 4.98 Å². The van der Waals surface area contributed by atoms with E-state index in [0.29, 0.717) is 25.1 Å². The van der Waals surface area contributed by atoms with Crippen molar-refractivity contribution in [3.8, 4) is 0 Å². The summed E-state index contributed by atoms with van der Waals surface area (Å²) in [5.41, 5.74) is 8.21. The Hall–Kier alpha value is -1.01. The molecule has 0 atom stereocenters.